The summed E-state index contributed by atoms with van der Waals surface area (Å²) in [5.41, 5.74) is 0.771. The number of nitrogens with zero attached hydrogens (tertiary/aromatic N) is 2. The number of rotatable bonds is 4. The van der Waals surface area contributed by atoms with Gasteiger partial charge in [-0.2, -0.15) is 0 Å². The molecule has 2 aliphatic heterocycles. The molecule has 0 atom stereocenters. The van der Waals surface area contributed by atoms with Crippen LogP contribution in [0.15, 0.2) is 0 Å². The molecule has 0 aromatic rings. The maximum Gasteiger partial charge on any atom is 0.0125 e. The zero-order chi connectivity index (χ0) is 17.5. The zero-order valence-electron chi connectivity index (χ0n) is 17.1. The van der Waals surface area contributed by atoms with E-state index < -0.39 is 0 Å². The summed E-state index contributed by atoms with van der Waals surface area (Å²) in [5, 5.41) is 3.75. The van der Waals surface area contributed by atoms with Crippen LogP contribution in [0.2, 0.25) is 0 Å². The first-order valence-electron chi connectivity index (χ1n) is 10.3. The van der Waals surface area contributed by atoms with Crippen LogP contribution in [-0.2, 0) is 0 Å². The van der Waals surface area contributed by atoms with Crippen LogP contribution >= 0.6 is 0 Å². The average Bonchev–Trinajstić information content (AvgIpc) is 2.36. The van der Waals surface area contributed by atoms with Crippen molar-refractivity contribution >= 4 is 0 Å². The van der Waals surface area contributed by atoms with E-state index in [9.17, 15) is 0 Å². The van der Waals surface area contributed by atoms with Crippen molar-refractivity contribution in [3.63, 3.8) is 0 Å². The molecule has 0 radical (unpaired) electrons. The van der Waals surface area contributed by atoms with Gasteiger partial charge in [0.15, 0.2) is 0 Å². The standard InChI is InChI=1S/C21H41N3/c1-20(2,3)17-7-9-23(10-8-17)13-16-14-24(15-16)19-11-18(12-19)22-21(4,5)6/h16-19,22H,7-15H2,1-6H3. The summed E-state index contributed by atoms with van der Waals surface area (Å²) in [4.78, 5) is 5.49. The highest BCUT2D eigenvalue weighted by Gasteiger charge is 2.41. The van der Waals surface area contributed by atoms with Crippen LogP contribution in [0.4, 0.5) is 0 Å². The predicted molar refractivity (Wildman–Crippen MR) is 103 cm³/mol. The van der Waals surface area contributed by atoms with Gasteiger partial charge in [0.05, 0.1) is 0 Å². The van der Waals surface area contributed by atoms with Crippen LogP contribution < -0.4 is 5.32 Å². The minimum atomic E-state index is 0.270. The van der Waals surface area contributed by atoms with E-state index in [1.54, 1.807) is 0 Å². The van der Waals surface area contributed by atoms with Gasteiger partial charge in [-0.3, -0.25) is 4.90 Å². The number of hydrogen-bond acceptors (Lipinski definition) is 3. The van der Waals surface area contributed by atoms with E-state index in [4.69, 9.17) is 0 Å². The molecule has 24 heavy (non-hydrogen) atoms. The van der Waals surface area contributed by atoms with E-state index in [0.717, 1.165) is 23.9 Å². The quantitative estimate of drug-likeness (QED) is 0.847. The van der Waals surface area contributed by atoms with E-state index >= 15 is 0 Å². The largest absolute Gasteiger partial charge is 0.309 e. The SMILES string of the molecule is CC(C)(C)NC1CC(N2CC(CN3CCC(C(C)(C)C)CC3)C2)C1. The molecule has 3 rings (SSSR count). The van der Waals surface area contributed by atoms with Crippen molar-refractivity contribution in [1.29, 1.82) is 0 Å². The molecule has 1 aliphatic carbocycles. The molecule has 0 unspecified atom stereocenters. The van der Waals surface area contributed by atoms with Gasteiger partial charge in [0.2, 0.25) is 0 Å². The van der Waals surface area contributed by atoms with Gasteiger partial charge in [-0.15, -0.1) is 0 Å². The normalized spacial score (nSPS) is 31.8. The Bertz CT molecular complexity index is 400. The Kier molecular flexibility index (Phi) is 5.36. The highest BCUT2D eigenvalue weighted by Crippen LogP contribution is 2.36. The first-order valence-corrected chi connectivity index (χ1v) is 10.3. The summed E-state index contributed by atoms with van der Waals surface area (Å²) in [5.74, 6) is 1.86. The molecule has 0 amide bonds. The molecule has 1 saturated carbocycles. The van der Waals surface area contributed by atoms with Gasteiger partial charge in [-0.25, -0.2) is 0 Å². The number of nitrogens with one attached hydrogen (secondary N) is 1. The van der Waals surface area contributed by atoms with Crippen molar-refractivity contribution in [1.82, 2.24) is 15.1 Å². The first kappa shape index (κ1) is 18.7. The molecule has 3 heteroatoms. The molecule has 3 aliphatic rings. The van der Waals surface area contributed by atoms with E-state index in [0.29, 0.717) is 5.41 Å². The Balaban J connectivity index is 1.29. The van der Waals surface area contributed by atoms with Crippen LogP contribution in [0.3, 0.4) is 0 Å². The van der Waals surface area contributed by atoms with E-state index in [1.807, 2.05) is 0 Å². The smallest absolute Gasteiger partial charge is 0.0125 e. The van der Waals surface area contributed by atoms with Crippen molar-refractivity contribution in [2.24, 2.45) is 17.3 Å². The Hall–Kier alpha value is -0.120. The Morgan fingerprint density at radius 2 is 1.50 bits per heavy atom. The monoisotopic (exact) mass is 335 g/mol. The van der Waals surface area contributed by atoms with Gasteiger partial charge in [-0.1, -0.05) is 20.8 Å². The van der Waals surface area contributed by atoms with E-state index in [-0.39, 0.29) is 5.54 Å². The van der Waals surface area contributed by atoms with Gasteiger partial charge in [0, 0.05) is 37.3 Å². The van der Waals surface area contributed by atoms with Gasteiger partial charge in [0.25, 0.3) is 0 Å². The third-order valence-electron chi connectivity index (χ3n) is 6.58. The molecule has 1 N–H and O–H groups in total. The van der Waals surface area contributed by atoms with Gasteiger partial charge in [0.1, 0.15) is 0 Å². The fourth-order valence-corrected chi connectivity index (χ4v) is 4.99. The van der Waals surface area contributed by atoms with Crippen molar-refractivity contribution in [3.05, 3.63) is 0 Å². The molecule has 0 aromatic carbocycles. The van der Waals surface area contributed by atoms with Gasteiger partial charge in [-0.05, 0) is 76.8 Å². The molecule has 0 bridgehead atoms. The molecular formula is C21H41N3. The maximum atomic E-state index is 3.75. The second-order valence-corrected chi connectivity index (χ2v) is 11.0. The highest BCUT2D eigenvalue weighted by atomic mass is 15.3. The second kappa shape index (κ2) is 6.89. The lowest BCUT2D eigenvalue weighted by Crippen LogP contribution is -2.63. The van der Waals surface area contributed by atoms with Crippen molar-refractivity contribution < 1.29 is 0 Å². The summed E-state index contributed by atoms with van der Waals surface area (Å²) in [6.45, 7) is 20.8. The fourth-order valence-electron chi connectivity index (χ4n) is 4.99. The molecule has 2 heterocycles. The van der Waals surface area contributed by atoms with Crippen LogP contribution in [0, 0.1) is 17.3 Å². The van der Waals surface area contributed by atoms with E-state index in [1.165, 1.54) is 58.4 Å². The zero-order valence-corrected chi connectivity index (χ0v) is 17.1. The lowest BCUT2D eigenvalue weighted by Gasteiger charge is -2.53. The summed E-state index contributed by atoms with van der Waals surface area (Å²) in [6, 6.07) is 1.62. The minimum absolute atomic E-state index is 0.270. The summed E-state index contributed by atoms with van der Waals surface area (Å²) in [6.07, 6.45) is 5.54. The van der Waals surface area contributed by atoms with Crippen LogP contribution in [-0.4, -0.2) is 60.1 Å². The Morgan fingerprint density at radius 3 is 2.00 bits per heavy atom. The average molecular weight is 336 g/mol. The number of likely N-dealkylation sites (tertiary alicyclic amines) is 2. The van der Waals surface area contributed by atoms with E-state index in [2.05, 4.69) is 56.7 Å². The second-order valence-electron chi connectivity index (χ2n) is 11.0. The first-order chi connectivity index (χ1) is 11.1. The Labute approximate surface area is 150 Å². The summed E-state index contributed by atoms with van der Waals surface area (Å²) >= 11 is 0. The van der Waals surface area contributed by atoms with Gasteiger partial charge < -0.3 is 10.2 Å². The lowest BCUT2D eigenvalue weighted by atomic mass is 9.75. The molecular weight excluding hydrogens is 294 g/mol. The topological polar surface area (TPSA) is 18.5 Å². The predicted octanol–water partition coefficient (Wildman–Crippen LogP) is 3.60. The molecule has 0 spiro atoms. The summed E-state index contributed by atoms with van der Waals surface area (Å²) in [7, 11) is 0. The van der Waals surface area contributed by atoms with Crippen LogP contribution in [0.1, 0.15) is 67.2 Å². The van der Waals surface area contributed by atoms with Crippen LogP contribution in [0.5, 0.6) is 0 Å². The minimum Gasteiger partial charge on any atom is -0.309 e. The van der Waals surface area contributed by atoms with Crippen molar-refractivity contribution in [2.75, 3.05) is 32.7 Å². The third kappa shape index (κ3) is 4.74. The molecule has 140 valence electrons. The molecule has 0 aromatic heterocycles. The molecule has 3 fully saturated rings. The summed E-state index contributed by atoms with van der Waals surface area (Å²) < 4.78 is 0. The number of piperidine rings is 1. The lowest BCUT2D eigenvalue weighted by molar-refractivity contribution is -0.0198. The van der Waals surface area contributed by atoms with Crippen LogP contribution in [0.25, 0.3) is 0 Å². The maximum absolute atomic E-state index is 3.75. The number of hydrogen-bond donors (Lipinski definition) is 1. The Morgan fingerprint density at radius 1 is 0.917 bits per heavy atom. The highest BCUT2D eigenvalue weighted by molar-refractivity contribution is 4.98. The van der Waals surface area contributed by atoms with Gasteiger partial charge >= 0.3 is 0 Å². The van der Waals surface area contributed by atoms with Crippen molar-refractivity contribution in [2.45, 2.75) is 84.8 Å². The third-order valence-corrected chi connectivity index (χ3v) is 6.58. The van der Waals surface area contributed by atoms with Crippen molar-refractivity contribution in [3.8, 4) is 0 Å². The fraction of sp³-hybridized carbons (Fsp3) is 1.00. The molecule has 3 nitrogen and oxygen atoms in total. The molecule has 2 saturated heterocycles.